The molecule has 0 bridgehead atoms. The molecule has 2 aromatic carbocycles. The van der Waals surface area contributed by atoms with Gasteiger partial charge in [0.05, 0.1) is 4.92 Å². The van der Waals surface area contributed by atoms with Gasteiger partial charge in [0.1, 0.15) is 6.04 Å². The van der Waals surface area contributed by atoms with E-state index in [9.17, 15) is 19.7 Å². The Bertz CT molecular complexity index is 941. The lowest BCUT2D eigenvalue weighted by molar-refractivity contribution is -0.384. The van der Waals surface area contributed by atoms with Crippen LogP contribution in [0.4, 0.5) is 11.4 Å². The molecule has 2 fully saturated rings. The first kappa shape index (κ1) is 19.9. The lowest BCUT2D eigenvalue weighted by Crippen LogP contribution is -2.54. The number of hydrogen-bond acceptors (Lipinski definition) is 5. The van der Waals surface area contributed by atoms with Gasteiger partial charge in [0.25, 0.3) is 11.6 Å². The van der Waals surface area contributed by atoms with E-state index in [0.29, 0.717) is 44.7 Å². The molecule has 2 saturated heterocycles. The second-order valence-corrected chi connectivity index (χ2v) is 7.61. The molecule has 2 heterocycles. The first-order chi connectivity index (χ1) is 14.5. The van der Waals surface area contributed by atoms with Gasteiger partial charge in [-0.2, -0.15) is 0 Å². The Labute approximate surface area is 174 Å². The zero-order valence-corrected chi connectivity index (χ0v) is 16.6. The molecule has 0 aliphatic carbocycles. The Balaban J connectivity index is 1.40. The van der Waals surface area contributed by atoms with E-state index in [1.54, 1.807) is 29.2 Å². The molecule has 2 aliphatic heterocycles. The number of benzene rings is 2. The van der Waals surface area contributed by atoms with E-state index in [2.05, 4.69) is 4.90 Å². The first-order valence-corrected chi connectivity index (χ1v) is 10.2. The predicted octanol–water partition coefficient (Wildman–Crippen LogP) is 2.55. The fourth-order valence-corrected chi connectivity index (χ4v) is 4.21. The summed E-state index contributed by atoms with van der Waals surface area (Å²) in [4.78, 5) is 42.2. The Morgan fingerprint density at radius 2 is 1.67 bits per heavy atom. The number of carbonyl (C=O) groups is 2. The Morgan fingerprint density at radius 1 is 0.933 bits per heavy atom. The van der Waals surface area contributed by atoms with Gasteiger partial charge in [0, 0.05) is 56.1 Å². The van der Waals surface area contributed by atoms with Crippen LogP contribution in [0.2, 0.25) is 0 Å². The normalized spacial score (nSPS) is 19.1. The lowest BCUT2D eigenvalue weighted by atomic mass is 10.1. The number of likely N-dealkylation sites (tertiary alicyclic amines) is 1. The average molecular weight is 408 g/mol. The van der Waals surface area contributed by atoms with Gasteiger partial charge in [-0.25, -0.2) is 0 Å². The number of hydrogen-bond donors (Lipinski definition) is 0. The van der Waals surface area contributed by atoms with Crippen molar-refractivity contribution in [2.24, 2.45) is 0 Å². The average Bonchev–Trinajstić information content (AvgIpc) is 3.29. The van der Waals surface area contributed by atoms with Crippen LogP contribution in [0.3, 0.4) is 0 Å². The molecule has 0 saturated carbocycles. The van der Waals surface area contributed by atoms with Crippen molar-refractivity contribution in [3.63, 3.8) is 0 Å². The van der Waals surface area contributed by atoms with Crippen LogP contribution in [-0.2, 0) is 4.79 Å². The summed E-state index contributed by atoms with van der Waals surface area (Å²) in [5, 5.41) is 11.0. The van der Waals surface area contributed by atoms with E-state index in [4.69, 9.17) is 0 Å². The highest BCUT2D eigenvalue weighted by Gasteiger charge is 2.37. The lowest BCUT2D eigenvalue weighted by Gasteiger charge is -2.38. The number of carbonyl (C=O) groups excluding carboxylic acids is 2. The van der Waals surface area contributed by atoms with Crippen LogP contribution in [0.5, 0.6) is 0 Å². The molecular formula is C22H24N4O4. The van der Waals surface area contributed by atoms with Crippen LogP contribution in [0.15, 0.2) is 54.6 Å². The molecule has 0 spiro atoms. The van der Waals surface area contributed by atoms with Gasteiger partial charge in [0.15, 0.2) is 0 Å². The van der Waals surface area contributed by atoms with Crippen molar-refractivity contribution >= 4 is 23.2 Å². The predicted molar refractivity (Wildman–Crippen MR) is 112 cm³/mol. The topological polar surface area (TPSA) is 87.0 Å². The van der Waals surface area contributed by atoms with Gasteiger partial charge >= 0.3 is 0 Å². The summed E-state index contributed by atoms with van der Waals surface area (Å²) in [6.07, 6.45) is 1.51. The SMILES string of the molecule is O=C(C1CCCN1C(=O)c1ccccc1)N1CCN(c2cccc([N+](=O)[O-])c2)CC1. The zero-order valence-electron chi connectivity index (χ0n) is 16.6. The van der Waals surface area contributed by atoms with Crippen LogP contribution >= 0.6 is 0 Å². The smallest absolute Gasteiger partial charge is 0.271 e. The van der Waals surface area contributed by atoms with Gasteiger partial charge in [-0.3, -0.25) is 19.7 Å². The number of nitro groups is 1. The molecule has 2 aromatic rings. The molecule has 156 valence electrons. The first-order valence-electron chi connectivity index (χ1n) is 10.2. The van der Waals surface area contributed by atoms with Gasteiger partial charge < -0.3 is 14.7 Å². The van der Waals surface area contributed by atoms with E-state index in [1.807, 2.05) is 29.2 Å². The number of nitro benzene ring substituents is 1. The second kappa shape index (κ2) is 8.52. The van der Waals surface area contributed by atoms with Crippen LogP contribution < -0.4 is 4.90 Å². The molecule has 1 unspecified atom stereocenters. The Morgan fingerprint density at radius 3 is 2.37 bits per heavy atom. The minimum absolute atomic E-state index is 0.00419. The number of anilines is 1. The van der Waals surface area contributed by atoms with E-state index in [0.717, 1.165) is 12.1 Å². The van der Waals surface area contributed by atoms with E-state index < -0.39 is 11.0 Å². The summed E-state index contributed by atoms with van der Waals surface area (Å²) in [6, 6.07) is 15.2. The molecule has 0 N–H and O–H groups in total. The van der Waals surface area contributed by atoms with Crippen molar-refractivity contribution in [2.75, 3.05) is 37.6 Å². The molecule has 8 nitrogen and oxygen atoms in total. The quantitative estimate of drug-likeness (QED) is 0.573. The molecule has 30 heavy (non-hydrogen) atoms. The van der Waals surface area contributed by atoms with Gasteiger partial charge in [-0.1, -0.05) is 24.3 Å². The maximum Gasteiger partial charge on any atom is 0.271 e. The monoisotopic (exact) mass is 408 g/mol. The molecular weight excluding hydrogens is 384 g/mol. The van der Waals surface area contributed by atoms with Crippen LogP contribution in [0.25, 0.3) is 0 Å². The summed E-state index contributed by atoms with van der Waals surface area (Å²) in [6.45, 7) is 2.87. The van der Waals surface area contributed by atoms with Crippen molar-refractivity contribution < 1.29 is 14.5 Å². The number of amides is 2. The fraction of sp³-hybridized carbons (Fsp3) is 0.364. The Kier molecular flexibility index (Phi) is 5.65. The highest BCUT2D eigenvalue weighted by atomic mass is 16.6. The molecule has 1 atom stereocenters. The minimum atomic E-state index is -0.415. The van der Waals surface area contributed by atoms with Crippen molar-refractivity contribution in [1.29, 1.82) is 0 Å². The van der Waals surface area contributed by atoms with Crippen LogP contribution in [0.1, 0.15) is 23.2 Å². The van der Waals surface area contributed by atoms with Gasteiger partial charge in [-0.15, -0.1) is 0 Å². The van der Waals surface area contributed by atoms with Gasteiger partial charge in [0.2, 0.25) is 5.91 Å². The zero-order chi connectivity index (χ0) is 21.1. The van der Waals surface area contributed by atoms with E-state index >= 15 is 0 Å². The number of piperazine rings is 1. The van der Waals surface area contributed by atoms with Crippen LogP contribution in [0, 0.1) is 10.1 Å². The number of non-ortho nitro benzene ring substituents is 1. The summed E-state index contributed by atoms with van der Waals surface area (Å²) in [5.41, 5.74) is 1.46. The van der Waals surface area contributed by atoms with Crippen molar-refractivity contribution in [2.45, 2.75) is 18.9 Å². The van der Waals surface area contributed by atoms with E-state index in [-0.39, 0.29) is 17.5 Å². The summed E-state index contributed by atoms with van der Waals surface area (Å²) in [7, 11) is 0. The molecule has 2 amide bonds. The highest BCUT2D eigenvalue weighted by molar-refractivity contribution is 5.98. The fourth-order valence-electron chi connectivity index (χ4n) is 4.21. The summed E-state index contributed by atoms with van der Waals surface area (Å²) >= 11 is 0. The standard InChI is InChI=1S/C22H24N4O4/c27-21(17-6-2-1-3-7-17)25-11-5-10-20(25)22(28)24-14-12-23(13-15-24)18-8-4-9-19(16-18)26(29)30/h1-4,6-9,16,20H,5,10-15H2. The number of rotatable bonds is 4. The molecule has 0 aromatic heterocycles. The molecule has 0 radical (unpaired) electrons. The molecule has 4 rings (SSSR count). The Hall–Kier alpha value is -3.42. The number of nitrogens with zero attached hydrogens (tertiary/aromatic N) is 4. The van der Waals surface area contributed by atoms with E-state index in [1.165, 1.54) is 6.07 Å². The summed E-state index contributed by atoms with van der Waals surface area (Å²) in [5.74, 6) is -0.0999. The summed E-state index contributed by atoms with van der Waals surface area (Å²) < 4.78 is 0. The third kappa shape index (κ3) is 3.98. The molecule has 8 heteroatoms. The maximum absolute atomic E-state index is 13.2. The van der Waals surface area contributed by atoms with Gasteiger partial charge in [-0.05, 0) is 31.0 Å². The second-order valence-electron chi connectivity index (χ2n) is 7.61. The van der Waals surface area contributed by atoms with Crippen LogP contribution in [-0.4, -0.2) is 65.3 Å². The van der Waals surface area contributed by atoms with Crippen molar-refractivity contribution in [3.05, 3.63) is 70.3 Å². The highest BCUT2D eigenvalue weighted by Crippen LogP contribution is 2.25. The third-order valence-corrected chi connectivity index (χ3v) is 5.82. The minimum Gasteiger partial charge on any atom is -0.368 e. The molecule has 2 aliphatic rings. The maximum atomic E-state index is 13.2. The largest absolute Gasteiger partial charge is 0.368 e. The van der Waals surface area contributed by atoms with Crippen molar-refractivity contribution in [3.8, 4) is 0 Å². The van der Waals surface area contributed by atoms with Crippen molar-refractivity contribution in [1.82, 2.24) is 9.80 Å². The third-order valence-electron chi connectivity index (χ3n) is 5.82.